The van der Waals surface area contributed by atoms with Crippen LogP contribution < -0.4 is 5.32 Å². The van der Waals surface area contributed by atoms with Gasteiger partial charge in [0.05, 0.1) is 6.04 Å². The lowest BCUT2D eigenvalue weighted by atomic mass is 10.1. The van der Waals surface area contributed by atoms with Crippen LogP contribution in [0.5, 0.6) is 0 Å². The van der Waals surface area contributed by atoms with Crippen molar-refractivity contribution in [1.29, 1.82) is 0 Å². The van der Waals surface area contributed by atoms with Gasteiger partial charge >= 0.3 is 5.97 Å². The quantitative estimate of drug-likeness (QED) is 0.645. The second kappa shape index (κ2) is 8.73. The van der Waals surface area contributed by atoms with Crippen molar-refractivity contribution in [2.24, 2.45) is 0 Å². The minimum atomic E-state index is -0.754. The Kier molecular flexibility index (Phi) is 6.39. The Morgan fingerprint density at radius 1 is 1.16 bits per heavy atom. The van der Waals surface area contributed by atoms with Gasteiger partial charge in [-0.05, 0) is 24.6 Å². The normalized spacial score (nSPS) is 12.0. The van der Waals surface area contributed by atoms with Crippen molar-refractivity contribution in [1.82, 2.24) is 5.32 Å². The summed E-state index contributed by atoms with van der Waals surface area (Å²) in [7, 11) is 0. The molecule has 2 aromatic rings. The first kappa shape index (κ1) is 18.3. The molecule has 0 spiro atoms. The molecule has 0 aliphatic rings. The number of rotatable bonds is 6. The van der Waals surface area contributed by atoms with Crippen LogP contribution in [-0.4, -0.2) is 18.5 Å². The molecule has 0 aliphatic heterocycles. The predicted octanol–water partition coefficient (Wildman–Crippen LogP) is 3.40. The average molecular weight is 345 g/mol. The lowest BCUT2D eigenvalue weighted by Crippen LogP contribution is -2.31. The summed E-state index contributed by atoms with van der Waals surface area (Å²) in [5, 5.41) is 2.48. The van der Waals surface area contributed by atoms with E-state index in [1.165, 1.54) is 12.1 Å². The summed E-state index contributed by atoms with van der Waals surface area (Å²) in [6.07, 6.45) is 2.78. The number of hydrogen-bond donors (Lipinski definition) is 1. The summed E-state index contributed by atoms with van der Waals surface area (Å²) in [5.41, 5.74) is 0.967. The van der Waals surface area contributed by atoms with Crippen molar-refractivity contribution in [3.8, 4) is 0 Å². The van der Waals surface area contributed by atoms with Crippen LogP contribution in [0.1, 0.15) is 24.1 Å². The SMILES string of the molecule is C[C@H](NC(=O)COC(=O)/C=C/c1ccccc1)c1ccc(F)cc1F. The summed E-state index contributed by atoms with van der Waals surface area (Å²) in [5.74, 6) is -2.70. The van der Waals surface area contributed by atoms with E-state index in [9.17, 15) is 18.4 Å². The van der Waals surface area contributed by atoms with Crippen molar-refractivity contribution in [3.05, 3.63) is 77.4 Å². The molecule has 2 aromatic carbocycles. The third-order valence-corrected chi connectivity index (χ3v) is 3.36. The Labute approximate surface area is 144 Å². The number of halogens is 2. The summed E-state index contributed by atoms with van der Waals surface area (Å²) in [6, 6.07) is 11.6. The smallest absolute Gasteiger partial charge is 0.331 e. The van der Waals surface area contributed by atoms with Gasteiger partial charge < -0.3 is 10.1 Å². The van der Waals surface area contributed by atoms with Gasteiger partial charge in [-0.1, -0.05) is 36.4 Å². The van der Waals surface area contributed by atoms with Crippen LogP contribution in [0, 0.1) is 11.6 Å². The topological polar surface area (TPSA) is 55.4 Å². The molecule has 0 fully saturated rings. The van der Waals surface area contributed by atoms with Crippen LogP contribution in [-0.2, 0) is 14.3 Å². The Balaban J connectivity index is 1.81. The molecule has 4 nitrogen and oxygen atoms in total. The maximum absolute atomic E-state index is 13.6. The zero-order chi connectivity index (χ0) is 18.2. The number of carbonyl (C=O) groups excluding carboxylic acids is 2. The molecule has 0 radical (unpaired) electrons. The van der Waals surface area contributed by atoms with E-state index in [0.29, 0.717) is 0 Å². The maximum Gasteiger partial charge on any atom is 0.331 e. The largest absolute Gasteiger partial charge is 0.452 e. The van der Waals surface area contributed by atoms with E-state index in [1.807, 2.05) is 30.3 Å². The fourth-order valence-corrected chi connectivity index (χ4v) is 2.13. The van der Waals surface area contributed by atoms with Crippen LogP contribution in [0.25, 0.3) is 6.08 Å². The van der Waals surface area contributed by atoms with Crippen molar-refractivity contribution in [2.45, 2.75) is 13.0 Å². The number of ether oxygens (including phenoxy) is 1. The van der Waals surface area contributed by atoms with E-state index in [-0.39, 0.29) is 5.56 Å². The van der Waals surface area contributed by atoms with Crippen LogP contribution in [0.15, 0.2) is 54.6 Å². The number of hydrogen-bond acceptors (Lipinski definition) is 3. The molecule has 1 N–H and O–H groups in total. The van der Waals surface area contributed by atoms with E-state index in [4.69, 9.17) is 4.74 Å². The first-order chi connectivity index (χ1) is 12.0. The molecule has 2 rings (SSSR count). The molecule has 25 heavy (non-hydrogen) atoms. The molecule has 0 unspecified atom stereocenters. The fraction of sp³-hybridized carbons (Fsp3) is 0.158. The number of benzene rings is 2. The Hall–Kier alpha value is -3.02. The van der Waals surface area contributed by atoms with Crippen molar-refractivity contribution >= 4 is 18.0 Å². The molecule has 1 atom stereocenters. The van der Waals surface area contributed by atoms with E-state index >= 15 is 0 Å². The van der Waals surface area contributed by atoms with Gasteiger partial charge in [0.2, 0.25) is 0 Å². The Morgan fingerprint density at radius 2 is 1.88 bits per heavy atom. The highest BCUT2D eigenvalue weighted by Crippen LogP contribution is 2.17. The van der Waals surface area contributed by atoms with Gasteiger partial charge in [0.1, 0.15) is 11.6 Å². The highest BCUT2D eigenvalue weighted by Gasteiger charge is 2.15. The highest BCUT2D eigenvalue weighted by atomic mass is 19.1. The van der Waals surface area contributed by atoms with Crippen LogP contribution in [0.2, 0.25) is 0 Å². The molecule has 0 aliphatic carbocycles. The first-order valence-corrected chi connectivity index (χ1v) is 7.60. The predicted molar refractivity (Wildman–Crippen MR) is 89.4 cm³/mol. The summed E-state index contributed by atoms with van der Waals surface area (Å²) >= 11 is 0. The second-order valence-electron chi connectivity index (χ2n) is 5.31. The van der Waals surface area contributed by atoms with Gasteiger partial charge in [-0.15, -0.1) is 0 Å². The lowest BCUT2D eigenvalue weighted by molar-refractivity contribution is -0.144. The number of nitrogens with one attached hydrogen (secondary N) is 1. The van der Waals surface area contributed by atoms with Crippen LogP contribution >= 0.6 is 0 Å². The summed E-state index contributed by atoms with van der Waals surface area (Å²) in [4.78, 5) is 23.4. The monoisotopic (exact) mass is 345 g/mol. The standard InChI is InChI=1S/C19H17F2NO3/c1-13(16-9-8-15(20)11-17(16)21)22-18(23)12-25-19(24)10-7-14-5-3-2-4-6-14/h2-11,13H,12H2,1H3,(H,22,23)/b10-7+/t13-/m0/s1. The lowest BCUT2D eigenvalue weighted by Gasteiger charge is -2.15. The minimum Gasteiger partial charge on any atom is -0.452 e. The third kappa shape index (κ3) is 5.84. The van der Waals surface area contributed by atoms with Gasteiger partial charge in [0.15, 0.2) is 6.61 Å². The molecule has 0 saturated carbocycles. The van der Waals surface area contributed by atoms with Crippen molar-refractivity contribution < 1.29 is 23.1 Å². The zero-order valence-electron chi connectivity index (χ0n) is 13.5. The fourth-order valence-electron chi connectivity index (χ4n) is 2.13. The van der Waals surface area contributed by atoms with Gasteiger partial charge in [-0.3, -0.25) is 4.79 Å². The van der Waals surface area contributed by atoms with Gasteiger partial charge in [0, 0.05) is 17.7 Å². The van der Waals surface area contributed by atoms with E-state index in [1.54, 1.807) is 13.0 Å². The van der Waals surface area contributed by atoms with Crippen LogP contribution in [0.4, 0.5) is 8.78 Å². The van der Waals surface area contributed by atoms with E-state index in [2.05, 4.69) is 5.32 Å². The number of esters is 1. The van der Waals surface area contributed by atoms with Gasteiger partial charge in [-0.2, -0.15) is 0 Å². The van der Waals surface area contributed by atoms with Gasteiger partial charge in [0.25, 0.3) is 5.91 Å². The maximum atomic E-state index is 13.6. The summed E-state index contributed by atoms with van der Waals surface area (Å²) < 4.78 is 31.3. The molecule has 0 heterocycles. The van der Waals surface area contributed by atoms with E-state index < -0.39 is 36.2 Å². The molecule has 0 aromatic heterocycles. The molecule has 1 amide bonds. The first-order valence-electron chi connectivity index (χ1n) is 7.60. The van der Waals surface area contributed by atoms with Crippen molar-refractivity contribution in [2.75, 3.05) is 6.61 Å². The molecule has 0 bridgehead atoms. The average Bonchev–Trinajstić information content (AvgIpc) is 2.59. The number of amides is 1. The molecular weight excluding hydrogens is 328 g/mol. The highest BCUT2D eigenvalue weighted by molar-refractivity contribution is 5.89. The molecular formula is C19H17F2NO3. The Bertz CT molecular complexity index is 775. The number of carbonyl (C=O) groups is 2. The third-order valence-electron chi connectivity index (χ3n) is 3.36. The van der Waals surface area contributed by atoms with E-state index in [0.717, 1.165) is 17.7 Å². The minimum absolute atomic E-state index is 0.144. The summed E-state index contributed by atoms with van der Waals surface area (Å²) in [6.45, 7) is 1.05. The molecule has 130 valence electrons. The van der Waals surface area contributed by atoms with Crippen LogP contribution in [0.3, 0.4) is 0 Å². The zero-order valence-corrected chi connectivity index (χ0v) is 13.5. The second-order valence-corrected chi connectivity index (χ2v) is 5.31. The molecule has 0 saturated heterocycles. The Morgan fingerprint density at radius 3 is 2.56 bits per heavy atom. The van der Waals surface area contributed by atoms with Crippen molar-refractivity contribution in [3.63, 3.8) is 0 Å². The van der Waals surface area contributed by atoms with Gasteiger partial charge in [-0.25, -0.2) is 13.6 Å². The molecule has 6 heteroatoms.